The first-order valence-electron chi connectivity index (χ1n) is 5.97. The Morgan fingerprint density at radius 1 is 1.41 bits per heavy atom. The molecule has 2 N–H and O–H groups in total. The maximum Gasteiger partial charge on any atom is 0.0482 e. The van der Waals surface area contributed by atoms with Crippen molar-refractivity contribution < 1.29 is 0 Å². The van der Waals surface area contributed by atoms with Gasteiger partial charge in [0.1, 0.15) is 0 Å². The molecule has 0 bridgehead atoms. The number of hydrogen-bond donors (Lipinski definition) is 1. The van der Waals surface area contributed by atoms with Gasteiger partial charge in [0, 0.05) is 29.2 Å². The Hall–Kier alpha value is -0.280. The molecule has 2 rings (SSSR count). The predicted octanol–water partition coefficient (Wildman–Crippen LogP) is 3.34. The van der Waals surface area contributed by atoms with E-state index >= 15 is 0 Å². The summed E-state index contributed by atoms with van der Waals surface area (Å²) in [6.45, 7) is 1.65. The minimum Gasteiger partial charge on any atom is -0.329 e. The van der Waals surface area contributed by atoms with E-state index in [0.717, 1.165) is 23.0 Å². The van der Waals surface area contributed by atoms with Gasteiger partial charge in [0.2, 0.25) is 0 Å². The van der Waals surface area contributed by atoms with Crippen LogP contribution in [0.15, 0.2) is 18.2 Å². The number of hydrogen-bond acceptors (Lipinski definition) is 2. The van der Waals surface area contributed by atoms with Crippen molar-refractivity contribution in [3.05, 3.63) is 33.8 Å². The number of nitrogens with two attached hydrogens (primary N) is 1. The Balaban J connectivity index is 2.17. The molecule has 1 fully saturated rings. The zero-order valence-electron chi connectivity index (χ0n) is 10.00. The van der Waals surface area contributed by atoms with Crippen molar-refractivity contribution in [2.75, 3.05) is 20.1 Å². The van der Waals surface area contributed by atoms with Crippen LogP contribution in [-0.4, -0.2) is 25.0 Å². The van der Waals surface area contributed by atoms with E-state index in [-0.39, 0.29) is 6.04 Å². The largest absolute Gasteiger partial charge is 0.329 e. The van der Waals surface area contributed by atoms with E-state index in [1.54, 1.807) is 0 Å². The van der Waals surface area contributed by atoms with E-state index < -0.39 is 0 Å². The summed E-state index contributed by atoms with van der Waals surface area (Å²) in [6, 6.07) is 5.72. The molecule has 94 valence electrons. The van der Waals surface area contributed by atoms with E-state index in [2.05, 4.69) is 11.9 Å². The highest BCUT2D eigenvalue weighted by Crippen LogP contribution is 2.34. The van der Waals surface area contributed by atoms with E-state index in [9.17, 15) is 0 Å². The summed E-state index contributed by atoms with van der Waals surface area (Å²) in [5.41, 5.74) is 6.91. The summed E-state index contributed by atoms with van der Waals surface area (Å²) in [5.74, 6) is 0.840. The molecule has 0 saturated heterocycles. The molecule has 1 atom stereocenters. The smallest absolute Gasteiger partial charge is 0.0482 e. The van der Waals surface area contributed by atoms with Gasteiger partial charge in [-0.15, -0.1) is 0 Å². The Labute approximate surface area is 113 Å². The molecule has 1 aromatic carbocycles. The van der Waals surface area contributed by atoms with Gasteiger partial charge in [-0.25, -0.2) is 0 Å². The number of halogens is 2. The van der Waals surface area contributed by atoms with Crippen LogP contribution in [0.5, 0.6) is 0 Å². The van der Waals surface area contributed by atoms with Crippen molar-refractivity contribution in [2.45, 2.75) is 18.9 Å². The molecule has 0 amide bonds. The lowest BCUT2D eigenvalue weighted by Gasteiger charge is -2.28. The lowest BCUT2D eigenvalue weighted by atomic mass is 10.1. The number of nitrogens with zero attached hydrogens (tertiary/aromatic N) is 1. The first-order valence-corrected chi connectivity index (χ1v) is 6.72. The zero-order chi connectivity index (χ0) is 12.4. The summed E-state index contributed by atoms with van der Waals surface area (Å²) >= 11 is 12.2. The third kappa shape index (κ3) is 3.35. The van der Waals surface area contributed by atoms with Crippen molar-refractivity contribution in [3.8, 4) is 0 Å². The number of benzene rings is 1. The van der Waals surface area contributed by atoms with Crippen LogP contribution in [0.2, 0.25) is 10.0 Å². The molecule has 0 aromatic heterocycles. The number of rotatable bonds is 5. The molecule has 1 unspecified atom stereocenters. The predicted molar refractivity (Wildman–Crippen MR) is 73.6 cm³/mol. The molecular formula is C13H18Cl2N2. The highest BCUT2D eigenvalue weighted by atomic mass is 35.5. The normalized spacial score (nSPS) is 17.5. The Bertz CT molecular complexity index is 391. The fraction of sp³-hybridized carbons (Fsp3) is 0.538. The van der Waals surface area contributed by atoms with Crippen molar-refractivity contribution in [3.63, 3.8) is 0 Å². The second kappa shape index (κ2) is 5.57. The van der Waals surface area contributed by atoms with Gasteiger partial charge in [0.05, 0.1) is 0 Å². The van der Waals surface area contributed by atoms with Gasteiger partial charge in [0.15, 0.2) is 0 Å². The summed E-state index contributed by atoms with van der Waals surface area (Å²) in [4.78, 5) is 2.29. The molecule has 4 heteroatoms. The third-order valence-corrected chi connectivity index (χ3v) is 3.89. The Morgan fingerprint density at radius 3 is 2.71 bits per heavy atom. The summed E-state index contributed by atoms with van der Waals surface area (Å²) < 4.78 is 0. The van der Waals surface area contributed by atoms with Crippen LogP contribution in [0.3, 0.4) is 0 Å². The van der Waals surface area contributed by atoms with Crippen molar-refractivity contribution in [2.24, 2.45) is 11.7 Å². The van der Waals surface area contributed by atoms with Gasteiger partial charge < -0.3 is 5.73 Å². The highest BCUT2D eigenvalue weighted by molar-refractivity contribution is 6.33. The average Bonchev–Trinajstić information content (AvgIpc) is 3.08. The second-order valence-corrected chi connectivity index (χ2v) is 5.64. The van der Waals surface area contributed by atoms with Gasteiger partial charge in [-0.1, -0.05) is 23.2 Å². The van der Waals surface area contributed by atoms with Crippen LogP contribution in [0.4, 0.5) is 0 Å². The molecule has 0 heterocycles. The third-order valence-electron chi connectivity index (χ3n) is 3.32. The molecule has 0 aliphatic heterocycles. The first kappa shape index (κ1) is 13.2. The van der Waals surface area contributed by atoms with E-state index in [1.165, 1.54) is 12.8 Å². The second-order valence-electron chi connectivity index (χ2n) is 4.80. The molecular weight excluding hydrogens is 255 g/mol. The van der Waals surface area contributed by atoms with Crippen LogP contribution in [-0.2, 0) is 0 Å². The lowest BCUT2D eigenvalue weighted by molar-refractivity contribution is 0.240. The van der Waals surface area contributed by atoms with Gasteiger partial charge in [-0.05, 0) is 49.6 Å². The zero-order valence-corrected chi connectivity index (χ0v) is 11.5. The van der Waals surface area contributed by atoms with Crippen LogP contribution in [0.25, 0.3) is 0 Å². The maximum absolute atomic E-state index is 6.23. The Morgan fingerprint density at radius 2 is 2.12 bits per heavy atom. The van der Waals surface area contributed by atoms with Crippen molar-refractivity contribution in [1.82, 2.24) is 4.90 Å². The fourth-order valence-corrected chi connectivity index (χ4v) is 2.57. The highest BCUT2D eigenvalue weighted by Gasteiger charge is 2.27. The molecule has 1 aliphatic carbocycles. The van der Waals surface area contributed by atoms with Gasteiger partial charge in [-0.3, -0.25) is 4.90 Å². The van der Waals surface area contributed by atoms with Gasteiger partial charge in [-0.2, -0.15) is 0 Å². The van der Waals surface area contributed by atoms with Crippen LogP contribution in [0.1, 0.15) is 24.4 Å². The van der Waals surface area contributed by atoms with E-state index in [0.29, 0.717) is 11.6 Å². The van der Waals surface area contributed by atoms with Crippen LogP contribution >= 0.6 is 23.2 Å². The molecule has 2 nitrogen and oxygen atoms in total. The quantitative estimate of drug-likeness (QED) is 0.891. The maximum atomic E-state index is 6.23. The van der Waals surface area contributed by atoms with Crippen LogP contribution in [0, 0.1) is 5.92 Å². The Kier molecular flexibility index (Phi) is 4.31. The van der Waals surface area contributed by atoms with E-state index in [4.69, 9.17) is 28.9 Å². The topological polar surface area (TPSA) is 29.3 Å². The van der Waals surface area contributed by atoms with Crippen LogP contribution < -0.4 is 5.73 Å². The standard InChI is InChI=1S/C13H18Cl2N2/c1-17(8-9-2-3-9)13(7-16)11-6-10(14)4-5-12(11)15/h4-6,9,13H,2-3,7-8,16H2,1H3. The minimum atomic E-state index is 0.154. The SMILES string of the molecule is CN(CC1CC1)C(CN)c1cc(Cl)ccc1Cl. The van der Waals surface area contributed by atoms with Crippen molar-refractivity contribution in [1.29, 1.82) is 0 Å². The molecule has 17 heavy (non-hydrogen) atoms. The summed E-state index contributed by atoms with van der Waals surface area (Å²) in [6.07, 6.45) is 2.68. The monoisotopic (exact) mass is 272 g/mol. The molecule has 1 saturated carbocycles. The van der Waals surface area contributed by atoms with Gasteiger partial charge >= 0.3 is 0 Å². The summed E-state index contributed by atoms with van der Waals surface area (Å²) in [7, 11) is 2.10. The summed E-state index contributed by atoms with van der Waals surface area (Å²) in [5, 5.41) is 1.45. The van der Waals surface area contributed by atoms with Crippen molar-refractivity contribution >= 4 is 23.2 Å². The number of likely N-dealkylation sites (N-methyl/N-ethyl adjacent to an activating group) is 1. The van der Waals surface area contributed by atoms with Gasteiger partial charge in [0.25, 0.3) is 0 Å². The minimum absolute atomic E-state index is 0.154. The fourth-order valence-electron chi connectivity index (χ4n) is 2.15. The molecule has 1 aromatic rings. The molecule has 1 aliphatic rings. The van der Waals surface area contributed by atoms with E-state index in [1.807, 2.05) is 18.2 Å². The molecule has 0 spiro atoms. The lowest BCUT2D eigenvalue weighted by Crippen LogP contribution is -2.32. The average molecular weight is 273 g/mol. The molecule has 0 radical (unpaired) electrons. The first-order chi connectivity index (χ1) is 8.11.